The zero-order chi connectivity index (χ0) is 25.1. The summed E-state index contributed by atoms with van der Waals surface area (Å²) in [6.07, 6.45) is 0. The van der Waals surface area contributed by atoms with Crippen LogP contribution in [0.15, 0.2) is 59.6 Å². The highest BCUT2D eigenvalue weighted by atomic mass is 35.5. The number of nitrogens with zero attached hydrogens (tertiary/aromatic N) is 4. The number of aliphatic imine (C=N–C) groups is 1. The van der Waals surface area contributed by atoms with Crippen molar-refractivity contribution >= 4 is 41.2 Å². The molecule has 0 saturated carbocycles. The van der Waals surface area contributed by atoms with Crippen molar-refractivity contribution in [3.05, 3.63) is 87.7 Å². The van der Waals surface area contributed by atoms with Gasteiger partial charge in [0.05, 0.1) is 17.7 Å². The van der Waals surface area contributed by atoms with Gasteiger partial charge in [0, 0.05) is 16.4 Å². The molecule has 0 fully saturated rings. The van der Waals surface area contributed by atoms with Crippen LogP contribution in [0.2, 0.25) is 5.02 Å². The highest BCUT2D eigenvalue weighted by Crippen LogP contribution is 2.24. The van der Waals surface area contributed by atoms with Crippen LogP contribution in [0.25, 0.3) is 0 Å². The Balaban J connectivity index is 1.56. The molecule has 178 valence electrons. The number of carbonyl (C=O) groups is 3. The fraction of sp³-hybridized carbons (Fsp3) is 0.200. The third kappa shape index (κ3) is 5.36. The molecule has 4 rings (SSSR count). The van der Waals surface area contributed by atoms with E-state index in [1.54, 1.807) is 36.4 Å². The first kappa shape index (κ1) is 24.0. The van der Waals surface area contributed by atoms with Crippen molar-refractivity contribution < 1.29 is 14.4 Å². The standard InChI is InChI=1S/C25H23ClN6O3/c1-14-12-15(2)29-25(28-14)31-24(27-13-17-8-10-18(26)11-9-17)30-21(33)16(3)32-22(34)19-6-4-5-7-20(19)23(32)35/h4-12,16H,13H2,1-3H3,(H2,27,28,29,30,31,33)/t16-/m1/s1. The lowest BCUT2D eigenvalue weighted by Crippen LogP contribution is -2.50. The number of anilines is 1. The summed E-state index contributed by atoms with van der Waals surface area (Å²) in [5.41, 5.74) is 2.88. The third-order valence-electron chi connectivity index (χ3n) is 5.38. The molecular weight excluding hydrogens is 468 g/mol. The number of hydrogen-bond donors (Lipinski definition) is 2. The van der Waals surface area contributed by atoms with Gasteiger partial charge in [0.1, 0.15) is 6.04 Å². The van der Waals surface area contributed by atoms with Crippen LogP contribution in [-0.4, -0.2) is 44.6 Å². The lowest BCUT2D eigenvalue weighted by atomic mass is 10.1. The van der Waals surface area contributed by atoms with Crippen molar-refractivity contribution in [3.8, 4) is 0 Å². The van der Waals surface area contributed by atoms with Gasteiger partial charge < -0.3 is 0 Å². The summed E-state index contributed by atoms with van der Waals surface area (Å²) in [6.45, 7) is 5.37. The van der Waals surface area contributed by atoms with E-state index >= 15 is 0 Å². The van der Waals surface area contributed by atoms with Gasteiger partial charge in [-0.15, -0.1) is 0 Å². The molecule has 2 N–H and O–H groups in total. The Morgan fingerprint density at radius 1 is 1.00 bits per heavy atom. The van der Waals surface area contributed by atoms with E-state index in [2.05, 4.69) is 25.6 Å². The van der Waals surface area contributed by atoms with E-state index in [1.807, 2.05) is 32.0 Å². The van der Waals surface area contributed by atoms with E-state index in [9.17, 15) is 14.4 Å². The fourth-order valence-corrected chi connectivity index (χ4v) is 3.78. The number of nitrogens with one attached hydrogen (secondary N) is 2. The van der Waals surface area contributed by atoms with E-state index in [-0.39, 0.29) is 29.6 Å². The number of aromatic nitrogens is 2. The van der Waals surface area contributed by atoms with Gasteiger partial charge in [-0.1, -0.05) is 35.9 Å². The Labute approximate surface area is 207 Å². The lowest BCUT2D eigenvalue weighted by molar-refractivity contribution is -0.123. The van der Waals surface area contributed by atoms with Crippen LogP contribution in [0.5, 0.6) is 0 Å². The Kier molecular flexibility index (Phi) is 6.88. The summed E-state index contributed by atoms with van der Waals surface area (Å²) in [7, 11) is 0. The lowest BCUT2D eigenvalue weighted by Gasteiger charge is -2.22. The summed E-state index contributed by atoms with van der Waals surface area (Å²) in [4.78, 5) is 52.8. The molecule has 0 spiro atoms. The van der Waals surface area contributed by atoms with Gasteiger partial charge in [-0.05, 0) is 56.7 Å². The first-order chi connectivity index (χ1) is 16.7. The molecule has 1 aliphatic heterocycles. The average molecular weight is 491 g/mol. The largest absolute Gasteiger partial charge is 0.295 e. The Bertz CT molecular complexity index is 1280. The zero-order valence-electron chi connectivity index (χ0n) is 19.4. The maximum absolute atomic E-state index is 13.1. The number of guanidine groups is 1. The third-order valence-corrected chi connectivity index (χ3v) is 5.63. The molecule has 2 heterocycles. The summed E-state index contributed by atoms with van der Waals surface area (Å²) in [5.74, 6) is -1.28. The van der Waals surface area contributed by atoms with Crippen LogP contribution in [0.4, 0.5) is 5.95 Å². The molecule has 10 heteroatoms. The predicted octanol–water partition coefficient (Wildman–Crippen LogP) is 3.52. The van der Waals surface area contributed by atoms with E-state index < -0.39 is 23.8 Å². The minimum atomic E-state index is -1.08. The van der Waals surface area contributed by atoms with Gasteiger partial charge in [-0.2, -0.15) is 0 Å². The minimum Gasteiger partial charge on any atom is -0.295 e. The van der Waals surface area contributed by atoms with Gasteiger partial charge in [0.15, 0.2) is 0 Å². The second-order valence-electron chi connectivity index (χ2n) is 8.08. The highest BCUT2D eigenvalue weighted by molar-refractivity contribution is 6.30. The normalized spacial score (nSPS) is 14.1. The molecule has 3 amide bonds. The molecule has 1 atom stereocenters. The van der Waals surface area contributed by atoms with Gasteiger partial charge >= 0.3 is 0 Å². The van der Waals surface area contributed by atoms with Crippen molar-refractivity contribution in [2.24, 2.45) is 4.99 Å². The molecule has 3 aromatic rings. The number of carbonyl (C=O) groups excluding carboxylic acids is 3. The van der Waals surface area contributed by atoms with Crippen molar-refractivity contribution in [2.45, 2.75) is 33.4 Å². The van der Waals surface area contributed by atoms with Crippen molar-refractivity contribution in [1.82, 2.24) is 20.2 Å². The van der Waals surface area contributed by atoms with Gasteiger partial charge in [0.2, 0.25) is 17.8 Å². The van der Waals surface area contributed by atoms with Crippen LogP contribution in [-0.2, 0) is 11.3 Å². The van der Waals surface area contributed by atoms with Crippen LogP contribution in [0.1, 0.15) is 44.6 Å². The molecule has 2 aromatic carbocycles. The van der Waals surface area contributed by atoms with E-state index in [1.165, 1.54) is 6.92 Å². The molecule has 9 nitrogen and oxygen atoms in total. The van der Waals surface area contributed by atoms with E-state index in [0.29, 0.717) is 5.02 Å². The van der Waals surface area contributed by atoms with Crippen molar-refractivity contribution in [1.29, 1.82) is 0 Å². The molecule has 1 aliphatic rings. The minimum absolute atomic E-state index is 0.0819. The fourth-order valence-electron chi connectivity index (χ4n) is 3.66. The molecule has 0 bridgehead atoms. The van der Waals surface area contributed by atoms with Crippen LogP contribution >= 0.6 is 11.6 Å². The molecule has 0 radical (unpaired) electrons. The number of rotatable bonds is 5. The summed E-state index contributed by atoms with van der Waals surface area (Å²) in [5, 5.41) is 6.22. The maximum atomic E-state index is 13.1. The summed E-state index contributed by atoms with van der Waals surface area (Å²) >= 11 is 5.95. The molecule has 0 aliphatic carbocycles. The number of fused-ring (bicyclic) bond motifs is 1. The molecule has 1 aromatic heterocycles. The molecule has 0 saturated heterocycles. The van der Waals surface area contributed by atoms with Crippen LogP contribution in [0.3, 0.4) is 0 Å². The second kappa shape index (κ2) is 10.0. The quantitative estimate of drug-likeness (QED) is 0.321. The van der Waals surface area contributed by atoms with Crippen molar-refractivity contribution in [2.75, 3.05) is 5.32 Å². The predicted molar refractivity (Wildman–Crippen MR) is 132 cm³/mol. The first-order valence-corrected chi connectivity index (χ1v) is 11.3. The number of aryl methyl sites for hydroxylation is 2. The Morgan fingerprint density at radius 3 is 2.14 bits per heavy atom. The number of benzene rings is 2. The number of amides is 3. The Hall–Kier alpha value is -4.11. The summed E-state index contributed by atoms with van der Waals surface area (Å²) in [6, 6.07) is 14.4. The van der Waals surface area contributed by atoms with Gasteiger partial charge in [-0.25, -0.2) is 15.0 Å². The van der Waals surface area contributed by atoms with Crippen molar-refractivity contribution in [3.63, 3.8) is 0 Å². The van der Waals surface area contributed by atoms with Crippen LogP contribution < -0.4 is 10.6 Å². The monoisotopic (exact) mass is 490 g/mol. The van der Waals surface area contributed by atoms with E-state index in [4.69, 9.17) is 11.6 Å². The summed E-state index contributed by atoms with van der Waals surface area (Å²) < 4.78 is 0. The molecule has 35 heavy (non-hydrogen) atoms. The number of hydrogen-bond acceptors (Lipinski definition) is 6. The molecule has 0 unspecified atom stereocenters. The zero-order valence-corrected chi connectivity index (χ0v) is 20.1. The molecular formula is C25H23ClN6O3. The van der Waals surface area contributed by atoms with Crippen LogP contribution in [0, 0.1) is 13.8 Å². The number of imide groups is 1. The van der Waals surface area contributed by atoms with E-state index in [0.717, 1.165) is 21.9 Å². The first-order valence-electron chi connectivity index (χ1n) is 10.9. The Morgan fingerprint density at radius 2 is 1.57 bits per heavy atom. The SMILES string of the molecule is Cc1cc(C)nc(NC(=NCc2ccc(Cl)cc2)NC(=O)[C@@H](C)N2C(=O)c3ccccc3C2=O)n1. The van der Waals surface area contributed by atoms with Gasteiger partial charge in [-0.3, -0.25) is 29.9 Å². The van der Waals surface area contributed by atoms with Gasteiger partial charge in [0.25, 0.3) is 11.8 Å². The average Bonchev–Trinajstić information content (AvgIpc) is 3.07. The smallest absolute Gasteiger partial charge is 0.262 e. The second-order valence-corrected chi connectivity index (χ2v) is 8.52. The number of halogens is 1. The highest BCUT2D eigenvalue weighted by Gasteiger charge is 2.40. The topological polar surface area (TPSA) is 117 Å². The maximum Gasteiger partial charge on any atom is 0.262 e.